The van der Waals surface area contributed by atoms with Crippen molar-refractivity contribution < 1.29 is 29.3 Å². The van der Waals surface area contributed by atoms with Gasteiger partial charge in [0.05, 0.1) is 20.3 Å². The fourth-order valence-electron chi connectivity index (χ4n) is 2.90. The van der Waals surface area contributed by atoms with E-state index in [4.69, 9.17) is 29.3 Å². The van der Waals surface area contributed by atoms with Crippen molar-refractivity contribution in [3.8, 4) is 5.75 Å². The molecule has 3 rings (SSSR count). The maximum atomic E-state index is 9.10. The van der Waals surface area contributed by atoms with Crippen LogP contribution in [0, 0.1) is 0 Å². The quantitative estimate of drug-likeness (QED) is 0.465. The molecule has 2 aromatic rings. The van der Waals surface area contributed by atoms with Crippen LogP contribution in [-0.4, -0.2) is 62.1 Å². The maximum absolute atomic E-state index is 9.10. The lowest BCUT2D eigenvalue weighted by Crippen LogP contribution is -2.36. The second-order valence-electron chi connectivity index (χ2n) is 6.65. The lowest BCUT2D eigenvalue weighted by atomic mass is 10.1. The Morgan fingerprint density at radius 2 is 1.53 bits per heavy atom. The molecule has 0 aliphatic carbocycles. The van der Waals surface area contributed by atoms with Gasteiger partial charge < -0.3 is 29.9 Å². The first kappa shape index (κ1) is 23.2. The Bertz CT molecular complexity index is 774. The third kappa shape index (κ3) is 8.10. The Morgan fingerprint density at radius 1 is 0.967 bits per heavy atom. The third-order valence-corrected chi connectivity index (χ3v) is 4.57. The standard InChI is InChI=1S/C20H26N2O2.C2H2O4/c1-23-20-8-4-17(5-9-20)10-11-21-16-18-2-6-19(7-3-18)22-12-14-24-15-13-22;3-1(4)2(5)6/h2-9,21H,10-16H2,1H3;(H,3,4)(H,5,6). The van der Waals surface area contributed by atoms with Crippen molar-refractivity contribution in [2.24, 2.45) is 0 Å². The fourth-order valence-corrected chi connectivity index (χ4v) is 2.90. The van der Waals surface area contributed by atoms with E-state index in [-0.39, 0.29) is 0 Å². The number of carbonyl (C=O) groups is 2. The highest BCUT2D eigenvalue weighted by Gasteiger charge is 2.10. The Labute approximate surface area is 176 Å². The summed E-state index contributed by atoms with van der Waals surface area (Å²) < 4.78 is 10.6. The van der Waals surface area contributed by atoms with Gasteiger partial charge >= 0.3 is 11.9 Å². The number of benzene rings is 2. The zero-order valence-corrected chi connectivity index (χ0v) is 17.0. The van der Waals surface area contributed by atoms with Gasteiger partial charge in [0.25, 0.3) is 0 Å². The largest absolute Gasteiger partial charge is 0.497 e. The molecule has 8 heteroatoms. The van der Waals surface area contributed by atoms with E-state index in [1.54, 1.807) is 7.11 Å². The summed E-state index contributed by atoms with van der Waals surface area (Å²) in [4.78, 5) is 20.6. The second kappa shape index (κ2) is 12.5. The van der Waals surface area contributed by atoms with E-state index in [0.717, 1.165) is 51.6 Å². The van der Waals surface area contributed by atoms with Crippen LogP contribution in [0.15, 0.2) is 48.5 Å². The van der Waals surface area contributed by atoms with Gasteiger partial charge in [-0.1, -0.05) is 24.3 Å². The molecule has 0 radical (unpaired) electrons. The Balaban J connectivity index is 0.000000469. The number of hydrogen-bond donors (Lipinski definition) is 3. The number of methoxy groups -OCH3 is 1. The Morgan fingerprint density at radius 3 is 2.07 bits per heavy atom. The minimum absolute atomic E-state index is 0.828. The molecule has 30 heavy (non-hydrogen) atoms. The monoisotopic (exact) mass is 416 g/mol. The molecule has 1 aliphatic heterocycles. The molecule has 8 nitrogen and oxygen atoms in total. The summed E-state index contributed by atoms with van der Waals surface area (Å²) in [6, 6.07) is 17.1. The first-order valence-corrected chi connectivity index (χ1v) is 9.71. The van der Waals surface area contributed by atoms with Crippen LogP contribution in [0.4, 0.5) is 5.69 Å². The van der Waals surface area contributed by atoms with Gasteiger partial charge in [-0.2, -0.15) is 0 Å². The van der Waals surface area contributed by atoms with Crippen molar-refractivity contribution in [3.63, 3.8) is 0 Å². The average molecular weight is 416 g/mol. The van der Waals surface area contributed by atoms with E-state index in [1.807, 2.05) is 12.1 Å². The number of hydrogen-bond acceptors (Lipinski definition) is 6. The molecule has 0 amide bonds. The number of nitrogens with one attached hydrogen (secondary N) is 1. The first-order valence-electron chi connectivity index (χ1n) is 9.71. The smallest absolute Gasteiger partial charge is 0.414 e. The minimum Gasteiger partial charge on any atom is -0.497 e. The Kier molecular flexibility index (Phi) is 9.63. The lowest BCUT2D eigenvalue weighted by molar-refractivity contribution is -0.159. The van der Waals surface area contributed by atoms with Crippen LogP contribution in [0.3, 0.4) is 0 Å². The van der Waals surface area contributed by atoms with Crippen LogP contribution in [0.1, 0.15) is 11.1 Å². The highest BCUT2D eigenvalue weighted by atomic mass is 16.5. The molecule has 0 saturated carbocycles. The second-order valence-corrected chi connectivity index (χ2v) is 6.65. The highest BCUT2D eigenvalue weighted by molar-refractivity contribution is 6.27. The molecule has 0 aromatic heterocycles. The molecule has 1 saturated heterocycles. The van der Waals surface area contributed by atoms with Crippen LogP contribution in [0.25, 0.3) is 0 Å². The van der Waals surface area contributed by atoms with Crippen LogP contribution < -0.4 is 15.0 Å². The zero-order chi connectivity index (χ0) is 21.8. The predicted molar refractivity (Wildman–Crippen MR) is 113 cm³/mol. The Hall–Kier alpha value is -3.10. The van der Waals surface area contributed by atoms with Gasteiger partial charge in [-0.05, 0) is 48.4 Å². The van der Waals surface area contributed by atoms with Crippen LogP contribution in [-0.2, 0) is 27.3 Å². The fraction of sp³-hybridized carbons (Fsp3) is 0.364. The van der Waals surface area contributed by atoms with E-state index in [2.05, 4.69) is 46.6 Å². The number of anilines is 1. The summed E-state index contributed by atoms with van der Waals surface area (Å²) >= 11 is 0. The summed E-state index contributed by atoms with van der Waals surface area (Å²) in [7, 11) is 1.70. The third-order valence-electron chi connectivity index (χ3n) is 4.57. The summed E-state index contributed by atoms with van der Waals surface area (Å²) in [6.07, 6.45) is 1.02. The molecular weight excluding hydrogens is 388 g/mol. The average Bonchev–Trinajstić information content (AvgIpc) is 2.78. The van der Waals surface area contributed by atoms with E-state index < -0.39 is 11.9 Å². The van der Waals surface area contributed by atoms with E-state index in [0.29, 0.717) is 0 Å². The number of carboxylic acid groups (broad SMARTS) is 2. The molecule has 1 fully saturated rings. The van der Waals surface area contributed by atoms with Gasteiger partial charge in [-0.25, -0.2) is 9.59 Å². The van der Waals surface area contributed by atoms with Crippen molar-refractivity contribution in [3.05, 3.63) is 59.7 Å². The van der Waals surface area contributed by atoms with Gasteiger partial charge in [0, 0.05) is 25.3 Å². The molecule has 1 heterocycles. The van der Waals surface area contributed by atoms with E-state index in [9.17, 15) is 0 Å². The maximum Gasteiger partial charge on any atom is 0.414 e. The van der Waals surface area contributed by atoms with Crippen molar-refractivity contribution in [2.75, 3.05) is 44.9 Å². The molecule has 2 aromatic carbocycles. The topological polar surface area (TPSA) is 108 Å². The highest BCUT2D eigenvalue weighted by Crippen LogP contribution is 2.16. The number of morpholine rings is 1. The van der Waals surface area contributed by atoms with Crippen LogP contribution in [0.5, 0.6) is 5.75 Å². The van der Waals surface area contributed by atoms with Gasteiger partial charge in [0.2, 0.25) is 0 Å². The van der Waals surface area contributed by atoms with Crippen molar-refractivity contribution in [1.82, 2.24) is 5.32 Å². The normalized spacial score (nSPS) is 13.2. The molecular formula is C22H28N2O6. The summed E-state index contributed by atoms with van der Waals surface area (Å²) in [5.41, 5.74) is 3.94. The summed E-state index contributed by atoms with van der Waals surface area (Å²) in [5, 5.41) is 18.3. The van der Waals surface area contributed by atoms with Gasteiger partial charge in [0.15, 0.2) is 0 Å². The van der Waals surface area contributed by atoms with Crippen molar-refractivity contribution in [2.45, 2.75) is 13.0 Å². The van der Waals surface area contributed by atoms with Crippen molar-refractivity contribution in [1.29, 1.82) is 0 Å². The SMILES string of the molecule is COc1ccc(CCNCc2ccc(N3CCOCC3)cc2)cc1.O=C(O)C(=O)O. The number of carboxylic acids is 2. The summed E-state index contributed by atoms with van der Waals surface area (Å²) in [6.45, 7) is 5.50. The molecule has 3 N–H and O–H groups in total. The summed E-state index contributed by atoms with van der Waals surface area (Å²) in [5.74, 6) is -2.74. The van der Waals surface area contributed by atoms with Gasteiger partial charge in [0.1, 0.15) is 5.75 Å². The minimum atomic E-state index is -1.82. The van der Waals surface area contributed by atoms with Crippen molar-refractivity contribution >= 4 is 17.6 Å². The van der Waals surface area contributed by atoms with E-state index in [1.165, 1.54) is 16.8 Å². The molecule has 162 valence electrons. The number of aliphatic carboxylic acids is 2. The predicted octanol–water partition coefficient (Wildman–Crippen LogP) is 2.02. The lowest BCUT2D eigenvalue weighted by Gasteiger charge is -2.28. The van der Waals surface area contributed by atoms with Crippen LogP contribution in [0.2, 0.25) is 0 Å². The molecule has 0 bridgehead atoms. The number of ether oxygens (including phenoxy) is 2. The number of rotatable bonds is 7. The molecule has 0 unspecified atom stereocenters. The van der Waals surface area contributed by atoms with Gasteiger partial charge in [-0.15, -0.1) is 0 Å². The first-order chi connectivity index (χ1) is 14.5. The molecule has 0 atom stereocenters. The zero-order valence-electron chi connectivity index (χ0n) is 17.0. The van der Waals surface area contributed by atoms with Crippen LogP contribution >= 0.6 is 0 Å². The molecule has 1 aliphatic rings. The number of nitrogens with zero attached hydrogens (tertiary/aromatic N) is 1. The molecule has 0 spiro atoms. The van der Waals surface area contributed by atoms with E-state index >= 15 is 0 Å². The van der Waals surface area contributed by atoms with Gasteiger partial charge in [-0.3, -0.25) is 0 Å².